The fourth-order valence-electron chi connectivity index (χ4n) is 6.21. The van der Waals surface area contributed by atoms with Crippen LogP contribution in [0.25, 0.3) is 15.9 Å². The third-order valence-electron chi connectivity index (χ3n) is 9.53. The van der Waals surface area contributed by atoms with Crippen LogP contribution in [0.2, 0.25) is 0 Å². The fraction of sp³-hybridized carbons (Fsp3) is 0.529. The van der Waals surface area contributed by atoms with Gasteiger partial charge in [-0.2, -0.15) is 0 Å². The minimum Gasteiger partial charge on any atom is -0.466 e. The lowest BCUT2D eigenvalue weighted by Crippen LogP contribution is -2.54. The molecule has 280 valence electrons. The van der Waals surface area contributed by atoms with E-state index in [0.717, 1.165) is 6.42 Å². The lowest BCUT2D eigenvalue weighted by atomic mass is 9.92. The van der Waals surface area contributed by atoms with Crippen LogP contribution in [0.1, 0.15) is 18.9 Å². The summed E-state index contributed by atoms with van der Waals surface area (Å²) in [7, 11) is 5.37. The number of likely N-dealkylation sites (tertiary alicyclic amines) is 1. The van der Waals surface area contributed by atoms with Crippen molar-refractivity contribution in [2.75, 3.05) is 71.1 Å². The van der Waals surface area contributed by atoms with E-state index >= 15 is 0 Å². The first kappa shape index (κ1) is 38.4. The summed E-state index contributed by atoms with van der Waals surface area (Å²) in [5.74, 6) is 0.982. The molecule has 2 aliphatic heterocycles. The Morgan fingerprint density at radius 1 is 1.13 bits per heavy atom. The van der Waals surface area contributed by atoms with E-state index in [0.29, 0.717) is 48.6 Å². The Morgan fingerprint density at radius 2 is 1.88 bits per heavy atom. The average molecular weight is 740 g/mol. The molecule has 2 aliphatic rings. The smallest absolute Gasteiger partial charge is 0.329 e. The Kier molecular flexibility index (Phi) is 12.3. The van der Waals surface area contributed by atoms with Gasteiger partial charge < -0.3 is 59.7 Å². The number of fused-ring (bicyclic) bond motifs is 1. The molecule has 52 heavy (non-hydrogen) atoms. The highest BCUT2D eigenvalue weighted by molar-refractivity contribution is 7.80. The summed E-state index contributed by atoms with van der Waals surface area (Å²) in [5, 5.41) is 30.6. The number of aliphatic hydroxyl groups excluding tert-OH is 3. The number of rotatable bonds is 10. The first-order chi connectivity index (χ1) is 24.8. The SMILES string of the molecule is [C-]#[N+]CC(=O)N1CC[C@@H](C)[C@@H](N(C)c2ncnc3c2ccn3C(=O)N(C)CCN(C)C(=S)OCc2ccc(O[C@@H]3OC[C@@H](O)[C@H](O)[C@H]3O)c(N)c2)C1. The summed E-state index contributed by atoms with van der Waals surface area (Å²) in [4.78, 5) is 45.3. The van der Waals surface area contributed by atoms with Crippen molar-refractivity contribution in [3.8, 4) is 5.75 Å². The van der Waals surface area contributed by atoms with Crippen LogP contribution in [0, 0.1) is 12.5 Å². The van der Waals surface area contributed by atoms with E-state index in [9.17, 15) is 24.9 Å². The highest BCUT2D eigenvalue weighted by Crippen LogP contribution is 2.30. The fourth-order valence-corrected chi connectivity index (χ4v) is 6.36. The van der Waals surface area contributed by atoms with E-state index in [2.05, 4.69) is 21.7 Å². The van der Waals surface area contributed by atoms with Gasteiger partial charge >= 0.3 is 11.9 Å². The van der Waals surface area contributed by atoms with Gasteiger partial charge in [-0.3, -0.25) is 9.36 Å². The second-order valence-electron chi connectivity index (χ2n) is 13.1. The Labute approximate surface area is 306 Å². The van der Waals surface area contributed by atoms with Crippen LogP contribution in [-0.2, 0) is 20.9 Å². The largest absolute Gasteiger partial charge is 0.466 e. The van der Waals surface area contributed by atoms with Crippen LogP contribution in [0.4, 0.5) is 16.3 Å². The van der Waals surface area contributed by atoms with Crippen molar-refractivity contribution in [3.05, 3.63) is 53.8 Å². The van der Waals surface area contributed by atoms with E-state index in [-0.39, 0.29) is 60.3 Å². The molecule has 5 rings (SSSR count). The molecule has 0 radical (unpaired) electrons. The van der Waals surface area contributed by atoms with Crippen LogP contribution in [-0.4, -0.2) is 153 Å². The summed E-state index contributed by atoms with van der Waals surface area (Å²) in [6.45, 7) is 10.8. The number of nitrogens with two attached hydrogens (primary N) is 1. The number of nitrogens with zero attached hydrogens (tertiary/aromatic N) is 8. The summed E-state index contributed by atoms with van der Waals surface area (Å²) in [6, 6.07) is 6.41. The number of hydrogen-bond donors (Lipinski definition) is 4. The van der Waals surface area contributed by atoms with Crippen molar-refractivity contribution in [1.29, 1.82) is 0 Å². The predicted octanol–water partition coefficient (Wildman–Crippen LogP) is 0.757. The Hall–Kier alpha value is -4.80. The van der Waals surface area contributed by atoms with Gasteiger partial charge in [0.1, 0.15) is 42.8 Å². The number of piperidine rings is 1. The van der Waals surface area contributed by atoms with Gasteiger partial charge in [-0.1, -0.05) is 13.0 Å². The topological polar surface area (TPSA) is 197 Å². The van der Waals surface area contributed by atoms with Crippen molar-refractivity contribution >= 4 is 51.9 Å². The van der Waals surface area contributed by atoms with Gasteiger partial charge in [0.2, 0.25) is 6.29 Å². The number of nitrogen functional groups attached to an aromatic ring is 1. The van der Waals surface area contributed by atoms with Crippen LogP contribution >= 0.6 is 12.2 Å². The second-order valence-corrected chi connectivity index (χ2v) is 13.5. The molecular weight excluding hydrogens is 694 g/mol. The molecule has 5 N–H and O–H groups in total. The molecule has 2 aromatic heterocycles. The molecule has 1 aromatic carbocycles. The molecule has 6 atom stereocenters. The number of carbonyl (C=O) groups excluding carboxylic acids is 2. The monoisotopic (exact) mass is 739 g/mol. The number of ether oxygens (including phenoxy) is 3. The maximum atomic E-state index is 13.6. The summed E-state index contributed by atoms with van der Waals surface area (Å²) >= 11 is 5.47. The van der Waals surface area contributed by atoms with Crippen molar-refractivity contribution in [3.63, 3.8) is 0 Å². The van der Waals surface area contributed by atoms with Gasteiger partial charge in [-0.25, -0.2) is 21.3 Å². The molecule has 0 spiro atoms. The van der Waals surface area contributed by atoms with Crippen molar-refractivity contribution in [2.45, 2.75) is 50.6 Å². The van der Waals surface area contributed by atoms with E-state index in [1.54, 1.807) is 53.2 Å². The second kappa shape index (κ2) is 16.7. The quantitative estimate of drug-likeness (QED) is 0.129. The summed E-state index contributed by atoms with van der Waals surface area (Å²) in [5.41, 5.74) is 7.54. The third kappa shape index (κ3) is 8.45. The van der Waals surface area contributed by atoms with Crippen LogP contribution in [0.15, 0.2) is 36.8 Å². The zero-order chi connectivity index (χ0) is 37.7. The first-order valence-electron chi connectivity index (χ1n) is 16.8. The van der Waals surface area contributed by atoms with Gasteiger partial charge in [-0.05, 0) is 48.3 Å². The zero-order valence-corrected chi connectivity index (χ0v) is 30.3. The number of anilines is 2. The molecule has 0 aliphatic carbocycles. The van der Waals surface area contributed by atoms with Crippen LogP contribution in [0.5, 0.6) is 5.75 Å². The molecular formula is C34H45N9O8S. The molecule has 18 heteroatoms. The minimum absolute atomic E-state index is 0.0284. The van der Waals surface area contributed by atoms with Gasteiger partial charge in [0.25, 0.3) is 11.7 Å². The van der Waals surface area contributed by atoms with Gasteiger partial charge in [-0.15, -0.1) is 0 Å². The first-order valence-corrected chi connectivity index (χ1v) is 17.2. The van der Waals surface area contributed by atoms with Crippen LogP contribution in [0.3, 0.4) is 0 Å². The van der Waals surface area contributed by atoms with Gasteiger partial charge in [0.05, 0.1) is 23.7 Å². The Bertz CT molecular complexity index is 1800. The van der Waals surface area contributed by atoms with E-state index in [1.807, 2.05) is 18.0 Å². The molecule has 2 saturated heterocycles. The number of hydrogen-bond acceptors (Lipinski definition) is 13. The molecule has 0 bridgehead atoms. The summed E-state index contributed by atoms with van der Waals surface area (Å²) in [6.07, 6.45) is -1.37. The predicted molar refractivity (Wildman–Crippen MR) is 194 cm³/mol. The molecule has 2 fully saturated rings. The zero-order valence-electron chi connectivity index (χ0n) is 29.5. The third-order valence-corrected chi connectivity index (χ3v) is 9.96. The number of aromatic nitrogens is 3. The van der Waals surface area contributed by atoms with Gasteiger partial charge in [0.15, 0.2) is 5.65 Å². The minimum atomic E-state index is -1.45. The lowest BCUT2D eigenvalue weighted by molar-refractivity contribution is -0.241. The lowest BCUT2D eigenvalue weighted by Gasteiger charge is -2.41. The Balaban J connectivity index is 1.14. The highest BCUT2D eigenvalue weighted by atomic mass is 32.1. The van der Waals surface area contributed by atoms with E-state index in [1.165, 1.54) is 10.9 Å². The number of benzene rings is 1. The molecule has 0 unspecified atom stereocenters. The van der Waals surface area contributed by atoms with Crippen molar-refractivity contribution in [1.82, 2.24) is 29.2 Å². The molecule has 3 aromatic rings. The summed E-state index contributed by atoms with van der Waals surface area (Å²) < 4.78 is 18.2. The molecule has 4 heterocycles. The average Bonchev–Trinajstić information content (AvgIpc) is 3.58. The number of carbonyl (C=O) groups is 2. The maximum Gasteiger partial charge on any atom is 0.329 e. The normalized spacial score (nSPS) is 23.1. The highest BCUT2D eigenvalue weighted by Gasteiger charge is 2.39. The van der Waals surface area contributed by atoms with Gasteiger partial charge in [0, 0.05) is 53.5 Å². The molecule has 0 saturated carbocycles. The number of amides is 2. The van der Waals surface area contributed by atoms with Crippen molar-refractivity contribution in [2.24, 2.45) is 5.92 Å². The maximum absolute atomic E-state index is 13.6. The van der Waals surface area contributed by atoms with Crippen LogP contribution < -0.4 is 15.4 Å². The Morgan fingerprint density at radius 3 is 2.62 bits per heavy atom. The number of likely N-dealkylation sites (N-methyl/N-ethyl adjacent to an activating group) is 3. The number of aliphatic hydroxyl groups is 3. The van der Waals surface area contributed by atoms with E-state index in [4.69, 9.17) is 38.7 Å². The molecule has 2 amide bonds. The number of thiocarbonyl (C=S) groups is 1. The molecule has 17 nitrogen and oxygen atoms in total. The standard InChI is InChI=1S/C34H45N9O8S/c1-20-8-10-42(27(45)15-36-2)16-24(20)41(5)30-22-9-11-43(31(22)38-19-37-30)33(48)39(3)12-13-40(4)34(52)50-17-21-6-7-26(23(35)14-21)51-32-29(47)28(46)25(44)18-49-32/h6-7,9,11,14,19-20,24-25,28-29,32,44,46-47H,8,10,12-13,15-18,35H2,1,3-5H3/t20-,24+,25-,28+,29-,32+/m1/s1. The van der Waals surface area contributed by atoms with E-state index < -0.39 is 24.6 Å². The van der Waals surface area contributed by atoms with Crippen molar-refractivity contribution < 1.29 is 39.1 Å².